The highest BCUT2D eigenvalue weighted by Gasteiger charge is 2.29. The van der Waals surface area contributed by atoms with Crippen molar-refractivity contribution in [2.24, 2.45) is 0 Å². The number of thioether (sulfide) groups is 1. The van der Waals surface area contributed by atoms with E-state index in [4.69, 9.17) is 0 Å². The number of nitrogens with zero attached hydrogens (tertiary/aromatic N) is 1. The van der Waals surface area contributed by atoms with E-state index in [1.165, 1.54) is 17.3 Å². The molecule has 0 aromatic heterocycles. The monoisotopic (exact) mass is 490 g/mol. The van der Waals surface area contributed by atoms with Crippen LogP contribution in [0.3, 0.4) is 0 Å². The van der Waals surface area contributed by atoms with Crippen LogP contribution in [-0.4, -0.2) is 11.8 Å². The molecule has 1 aliphatic heterocycles. The number of fused-ring (bicyclic) bond motifs is 1. The van der Waals surface area contributed by atoms with Gasteiger partial charge in [-0.2, -0.15) is 0 Å². The first-order chi connectivity index (χ1) is 17.6. The van der Waals surface area contributed by atoms with E-state index in [0.717, 1.165) is 27.3 Å². The molecule has 0 saturated heterocycles. The Hall–Kier alpha value is -4.09. The quantitative estimate of drug-likeness (QED) is 0.310. The molecule has 0 saturated carbocycles. The van der Waals surface area contributed by atoms with E-state index >= 15 is 0 Å². The number of nitrogens with one attached hydrogen (secondary N) is 1. The summed E-state index contributed by atoms with van der Waals surface area (Å²) in [6.07, 6.45) is 1.90. The zero-order chi connectivity index (χ0) is 24.9. The van der Waals surface area contributed by atoms with Crippen LogP contribution in [0.25, 0.3) is 6.08 Å². The summed E-state index contributed by atoms with van der Waals surface area (Å²) >= 11 is 1.48. The van der Waals surface area contributed by atoms with Gasteiger partial charge in [0.1, 0.15) is 0 Å². The first kappa shape index (κ1) is 23.6. The Bertz CT molecular complexity index is 1410. The summed E-state index contributed by atoms with van der Waals surface area (Å²) in [7, 11) is 0. The molecular weight excluding hydrogens is 464 g/mol. The molecular formula is C31H26N2O2S. The lowest BCUT2D eigenvalue weighted by Gasteiger charge is -2.30. The molecule has 0 bridgehead atoms. The van der Waals surface area contributed by atoms with Gasteiger partial charge in [0.05, 0.1) is 17.1 Å². The van der Waals surface area contributed by atoms with Crippen molar-refractivity contribution in [2.45, 2.75) is 24.9 Å². The molecule has 0 spiro atoms. The summed E-state index contributed by atoms with van der Waals surface area (Å²) in [5.74, 6) is -0.150. The third-order valence-corrected chi connectivity index (χ3v) is 7.14. The second-order valence-corrected chi connectivity index (χ2v) is 9.83. The molecule has 0 unspecified atom stereocenters. The zero-order valence-corrected chi connectivity index (χ0v) is 20.8. The minimum atomic E-state index is -0.126. The standard InChI is InChI=1S/C31H26N2O2S/c1-22-11-13-25(14-12-22)21-33-27-9-5-6-10-28(27)36-29(31(33)35)19-23-15-17-26(18-16-23)30(34)32-20-24-7-3-2-4-8-24/h2-19H,20-21H2,1H3,(H,32,34)/b29-19+. The summed E-state index contributed by atoms with van der Waals surface area (Å²) in [5.41, 5.74) is 5.71. The Labute approximate surface area is 215 Å². The minimum Gasteiger partial charge on any atom is -0.348 e. The van der Waals surface area contributed by atoms with Gasteiger partial charge < -0.3 is 10.2 Å². The molecule has 1 N–H and O–H groups in total. The lowest BCUT2D eigenvalue weighted by molar-refractivity contribution is -0.114. The van der Waals surface area contributed by atoms with Crippen LogP contribution in [0, 0.1) is 6.92 Å². The van der Waals surface area contributed by atoms with E-state index in [0.29, 0.717) is 23.6 Å². The van der Waals surface area contributed by atoms with E-state index in [1.54, 1.807) is 12.1 Å². The van der Waals surface area contributed by atoms with Gasteiger partial charge in [-0.05, 0) is 54.0 Å². The maximum atomic E-state index is 13.5. The second kappa shape index (κ2) is 10.7. The topological polar surface area (TPSA) is 49.4 Å². The van der Waals surface area contributed by atoms with Crippen LogP contribution in [0.1, 0.15) is 32.6 Å². The van der Waals surface area contributed by atoms with Crippen molar-refractivity contribution < 1.29 is 9.59 Å². The predicted molar refractivity (Wildman–Crippen MR) is 147 cm³/mol. The Kier molecular flexibility index (Phi) is 7.01. The number of anilines is 1. The normalized spacial score (nSPS) is 14.0. The Balaban J connectivity index is 1.34. The largest absolute Gasteiger partial charge is 0.348 e. The first-order valence-electron chi connectivity index (χ1n) is 11.8. The van der Waals surface area contributed by atoms with E-state index in [-0.39, 0.29) is 11.8 Å². The fraction of sp³-hybridized carbons (Fsp3) is 0.0968. The van der Waals surface area contributed by atoms with Gasteiger partial charge >= 0.3 is 0 Å². The molecule has 0 radical (unpaired) electrons. The number of hydrogen-bond donors (Lipinski definition) is 1. The van der Waals surface area contributed by atoms with Crippen LogP contribution in [0.4, 0.5) is 5.69 Å². The third kappa shape index (κ3) is 5.42. The van der Waals surface area contributed by atoms with Gasteiger partial charge in [-0.1, -0.05) is 96.2 Å². The summed E-state index contributed by atoms with van der Waals surface area (Å²) in [5, 5.41) is 2.95. The van der Waals surface area contributed by atoms with Crippen molar-refractivity contribution in [2.75, 3.05) is 4.90 Å². The molecule has 0 atom stereocenters. The van der Waals surface area contributed by atoms with Crippen molar-refractivity contribution in [3.8, 4) is 0 Å². The summed E-state index contributed by atoms with van der Waals surface area (Å²) in [6, 6.07) is 33.4. The first-order valence-corrected chi connectivity index (χ1v) is 12.7. The van der Waals surface area contributed by atoms with E-state index < -0.39 is 0 Å². The highest BCUT2D eigenvalue weighted by Crippen LogP contribution is 2.42. The predicted octanol–water partition coefficient (Wildman–Crippen LogP) is 6.61. The lowest BCUT2D eigenvalue weighted by Crippen LogP contribution is -2.33. The van der Waals surface area contributed by atoms with Crippen molar-refractivity contribution in [3.63, 3.8) is 0 Å². The number of carbonyl (C=O) groups excluding carboxylic acids is 2. The zero-order valence-electron chi connectivity index (χ0n) is 20.0. The number of rotatable bonds is 6. The molecule has 1 aliphatic rings. The summed E-state index contributed by atoms with van der Waals surface area (Å²) in [4.78, 5) is 29.6. The molecule has 4 aromatic rings. The molecule has 4 nitrogen and oxygen atoms in total. The Morgan fingerprint density at radius 3 is 2.28 bits per heavy atom. The van der Waals surface area contributed by atoms with Crippen molar-refractivity contribution in [1.29, 1.82) is 0 Å². The Morgan fingerprint density at radius 2 is 1.53 bits per heavy atom. The van der Waals surface area contributed by atoms with Gasteiger partial charge in [0.15, 0.2) is 0 Å². The minimum absolute atomic E-state index is 0.0241. The molecule has 2 amide bonds. The summed E-state index contributed by atoms with van der Waals surface area (Å²) in [6.45, 7) is 3.04. The maximum Gasteiger partial charge on any atom is 0.265 e. The summed E-state index contributed by atoms with van der Waals surface area (Å²) < 4.78 is 0. The maximum absolute atomic E-state index is 13.5. The van der Waals surface area contributed by atoms with E-state index in [1.807, 2.05) is 77.7 Å². The fourth-order valence-corrected chi connectivity index (χ4v) is 5.12. The van der Waals surface area contributed by atoms with Gasteiger partial charge in [0, 0.05) is 17.0 Å². The number of benzene rings is 4. The van der Waals surface area contributed by atoms with Crippen LogP contribution in [0.5, 0.6) is 0 Å². The van der Waals surface area contributed by atoms with Crippen LogP contribution < -0.4 is 10.2 Å². The van der Waals surface area contributed by atoms with Crippen LogP contribution in [0.15, 0.2) is 113 Å². The van der Waals surface area contributed by atoms with Crippen molar-refractivity contribution >= 4 is 35.3 Å². The molecule has 36 heavy (non-hydrogen) atoms. The molecule has 0 aliphatic carbocycles. The third-order valence-electron chi connectivity index (χ3n) is 6.06. The smallest absolute Gasteiger partial charge is 0.265 e. The van der Waals surface area contributed by atoms with Gasteiger partial charge in [0.25, 0.3) is 11.8 Å². The van der Waals surface area contributed by atoms with E-state index in [2.05, 4.69) is 36.5 Å². The van der Waals surface area contributed by atoms with Gasteiger partial charge in [-0.25, -0.2) is 0 Å². The van der Waals surface area contributed by atoms with Crippen molar-refractivity contribution in [3.05, 3.63) is 136 Å². The van der Waals surface area contributed by atoms with Crippen LogP contribution >= 0.6 is 11.8 Å². The number of carbonyl (C=O) groups is 2. The SMILES string of the molecule is Cc1ccc(CN2C(=O)/C(=C\c3ccc(C(=O)NCc4ccccc4)cc3)Sc3ccccc32)cc1. The molecule has 178 valence electrons. The Morgan fingerprint density at radius 1 is 0.833 bits per heavy atom. The second-order valence-electron chi connectivity index (χ2n) is 8.75. The fourth-order valence-electron chi connectivity index (χ4n) is 4.06. The van der Waals surface area contributed by atoms with Gasteiger partial charge in [-0.15, -0.1) is 0 Å². The highest BCUT2D eigenvalue weighted by molar-refractivity contribution is 8.04. The van der Waals surface area contributed by atoms with Gasteiger partial charge in [-0.3, -0.25) is 9.59 Å². The molecule has 5 rings (SSSR count). The van der Waals surface area contributed by atoms with Crippen molar-refractivity contribution in [1.82, 2.24) is 5.32 Å². The number of hydrogen-bond acceptors (Lipinski definition) is 3. The molecule has 0 fully saturated rings. The number of para-hydroxylation sites is 1. The number of amides is 2. The molecule has 5 heteroatoms. The highest BCUT2D eigenvalue weighted by atomic mass is 32.2. The van der Waals surface area contributed by atoms with E-state index in [9.17, 15) is 9.59 Å². The average Bonchev–Trinajstić information content (AvgIpc) is 2.92. The number of aryl methyl sites for hydroxylation is 1. The average molecular weight is 491 g/mol. The van der Waals surface area contributed by atoms with Gasteiger partial charge in [0.2, 0.25) is 0 Å². The molecule has 4 aromatic carbocycles. The lowest BCUT2D eigenvalue weighted by atomic mass is 10.1. The molecule has 1 heterocycles. The van der Waals surface area contributed by atoms with Crippen LogP contribution in [0.2, 0.25) is 0 Å². The van der Waals surface area contributed by atoms with Crippen LogP contribution in [-0.2, 0) is 17.9 Å².